The molecule has 0 spiro atoms. The van der Waals surface area contributed by atoms with E-state index >= 15 is 0 Å². The van der Waals surface area contributed by atoms with Gasteiger partial charge < -0.3 is 15.0 Å². The minimum Gasteiger partial charge on any atom is -0.457 e. The zero-order valence-corrected chi connectivity index (χ0v) is 29.0. The summed E-state index contributed by atoms with van der Waals surface area (Å²) in [7, 11) is -4.23. The normalized spacial score (nSPS) is 11.9. The fraction of sp³-hybridized carbons (Fsp3) is 0.278. The molecule has 11 heteroatoms. The van der Waals surface area contributed by atoms with Crippen LogP contribution in [-0.2, 0) is 26.2 Å². The number of hydrogen-bond donors (Lipinski definition) is 1. The second-order valence-electron chi connectivity index (χ2n) is 11.1. The van der Waals surface area contributed by atoms with Crippen molar-refractivity contribution in [3.63, 3.8) is 0 Å². The van der Waals surface area contributed by atoms with Crippen LogP contribution in [0.25, 0.3) is 0 Å². The van der Waals surface area contributed by atoms with E-state index in [9.17, 15) is 18.0 Å². The predicted molar refractivity (Wildman–Crippen MR) is 188 cm³/mol. The molecule has 0 aliphatic rings. The number of sulfonamides is 1. The quantitative estimate of drug-likeness (QED) is 0.127. The van der Waals surface area contributed by atoms with Gasteiger partial charge in [-0.2, -0.15) is 0 Å². The molecule has 0 bridgehead atoms. The van der Waals surface area contributed by atoms with Gasteiger partial charge in [0.1, 0.15) is 24.1 Å². The van der Waals surface area contributed by atoms with Gasteiger partial charge in [-0.15, -0.1) is 0 Å². The van der Waals surface area contributed by atoms with Crippen LogP contribution < -0.4 is 14.4 Å². The molecule has 0 fully saturated rings. The average molecular weight is 697 g/mol. The van der Waals surface area contributed by atoms with Crippen LogP contribution >= 0.6 is 23.2 Å². The summed E-state index contributed by atoms with van der Waals surface area (Å²) in [6.07, 6.45) is 1.97. The summed E-state index contributed by atoms with van der Waals surface area (Å²) in [6, 6.07) is 26.1. The van der Waals surface area contributed by atoms with Gasteiger partial charge in [-0.25, -0.2) is 8.42 Å². The molecule has 0 saturated heterocycles. The lowest BCUT2D eigenvalue weighted by atomic mass is 10.1. The summed E-state index contributed by atoms with van der Waals surface area (Å²) < 4.78 is 35.3. The summed E-state index contributed by atoms with van der Waals surface area (Å²) in [5, 5.41) is 3.67. The zero-order valence-electron chi connectivity index (χ0n) is 26.7. The highest BCUT2D eigenvalue weighted by Crippen LogP contribution is 2.29. The maximum absolute atomic E-state index is 14.3. The number of para-hydroxylation sites is 1. The number of amides is 2. The standard InChI is InChI=1S/C36H39Cl2N3O5S/c1-4-6-22-39-36(43)34(5-2)40(24-27-14-15-28(37)23-33(27)38)35(42)25-41(47(44,45)32-20-12-26(3)13-21-32)29-16-18-31(19-17-29)46-30-10-8-7-9-11-30/h7-21,23,34H,4-6,22,24-25H2,1-3H3,(H,39,43). The molecular formula is C36H39Cl2N3O5S. The molecule has 47 heavy (non-hydrogen) atoms. The van der Waals surface area contributed by atoms with Gasteiger partial charge in [-0.3, -0.25) is 13.9 Å². The molecule has 0 aliphatic heterocycles. The average Bonchev–Trinajstić information content (AvgIpc) is 3.05. The molecule has 4 aromatic rings. The molecule has 1 unspecified atom stereocenters. The van der Waals surface area contributed by atoms with Crippen LogP contribution in [0.15, 0.2) is 102 Å². The minimum atomic E-state index is -4.23. The number of unbranched alkanes of at least 4 members (excludes halogenated alkanes) is 1. The highest BCUT2D eigenvalue weighted by Gasteiger charge is 2.34. The number of anilines is 1. The Kier molecular flexibility index (Phi) is 12.7. The molecule has 0 radical (unpaired) electrons. The lowest BCUT2D eigenvalue weighted by Gasteiger charge is -2.33. The fourth-order valence-corrected chi connectivity index (χ4v) is 6.81. The monoisotopic (exact) mass is 695 g/mol. The topological polar surface area (TPSA) is 96.0 Å². The number of nitrogens with zero attached hydrogens (tertiary/aromatic N) is 2. The Morgan fingerprint density at radius 2 is 1.53 bits per heavy atom. The highest BCUT2D eigenvalue weighted by molar-refractivity contribution is 7.92. The predicted octanol–water partition coefficient (Wildman–Crippen LogP) is 8.01. The highest BCUT2D eigenvalue weighted by atomic mass is 35.5. The fourth-order valence-electron chi connectivity index (χ4n) is 4.93. The molecule has 1 atom stereocenters. The van der Waals surface area contributed by atoms with Crippen molar-refractivity contribution in [1.82, 2.24) is 10.2 Å². The maximum atomic E-state index is 14.3. The summed E-state index contributed by atoms with van der Waals surface area (Å²) >= 11 is 12.6. The van der Waals surface area contributed by atoms with Gasteiger partial charge in [0.25, 0.3) is 10.0 Å². The van der Waals surface area contributed by atoms with Crippen molar-refractivity contribution in [1.29, 1.82) is 0 Å². The molecule has 8 nitrogen and oxygen atoms in total. The van der Waals surface area contributed by atoms with E-state index < -0.39 is 28.5 Å². The van der Waals surface area contributed by atoms with Crippen LogP contribution in [0, 0.1) is 6.92 Å². The Hall–Kier alpha value is -4.05. The van der Waals surface area contributed by atoms with Crippen molar-refractivity contribution < 1.29 is 22.7 Å². The summed E-state index contributed by atoms with van der Waals surface area (Å²) in [6.45, 7) is 5.54. The number of nitrogens with one attached hydrogen (secondary N) is 1. The number of carbonyl (C=O) groups excluding carboxylic acids is 2. The summed E-state index contributed by atoms with van der Waals surface area (Å²) in [5.74, 6) is 0.218. The van der Waals surface area contributed by atoms with Crippen molar-refractivity contribution in [3.8, 4) is 11.5 Å². The lowest BCUT2D eigenvalue weighted by Crippen LogP contribution is -2.52. The molecule has 0 aromatic heterocycles. The van der Waals surface area contributed by atoms with E-state index in [0.29, 0.717) is 40.1 Å². The van der Waals surface area contributed by atoms with Crippen LogP contribution in [0.1, 0.15) is 44.2 Å². The van der Waals surface area contributed by atoms with Gasteiger partial charge in [0, 0.05) is 23.1 Å². The zero-order chi connectivity index (χ0) is 34.0. The van der Waals surface area contributed by atoms with Crippen molar-refractivity contribution in [2.45, 2.75) is 57.5 Å². The Balaban J connectivity index is 1.73. The van der Waals surface area contributed by atoms with Crippen LogP contribution in [0.3, 0.4) is 0 Å². The minimum absolute atomic E-state index is 0.0251. The largest absolute Gasteiger partial charge is 0.457 e. The molecular weight excluding hydrogens is 657 g/mol. The Morgan fingerprint density at radius 1 is 0.872 bits per heavy atom. The Labute approximate surface area is 287 Å². The molecule has 2 amide bonds. The summed E-state index contributed by atoms with van der Waals surface area (Å²) in [5.41, 5.74) is 1.71. The third-order valence-electron chi connectivity index (χ3n) is 7.56. The molecule has 248 valence electrons. The van der Waals surface area contributed by atoms with E-state index in [-0.39, 0.29) is 23.0 Å². The van der Waals surface area contributed by atoms with Crippen LogP contribution in [0.5, 0.6) is 11.5 Å². The van der Waals surface area contributed by atoms with Crippen LogP contribution in [0.4, 0.5) is 5.69 Å². The van der Waals surface area contributed by atoms with E-state index in [1.807, 2.05) is 44.2 Å². The van der Waals surface area contributed by atoms with Gasteiger partial charge in [-0.05, 0) is 86.0 Å². The van der Waals surface area contributed by atoms with Gasteiger partial charge >= 0.3 is 0 Å². The van der Waals surface area contributed by atoms with Crippen molar-refractivity contribution in [3.05, 3.63) is 118 Å². The van der Waals surface area contributed by atoms with Crippen molar-refractivity contribution in [2.24, 2.45) is 0 Å². The molecule has 0 saturated carbocycles. The SMILES string of the molecule is CCCCNC(=O)C(CC)N(Cc1ccc(Cl)cc1Cl)C(=O)CN(c1ccc(Oc2ccccc2)cc1)S(=O)(=O)c1ccc(C)cc1. The van der Waals surface area contributed by atoms with Gasteiger partial charge in [0.05, 0.1) is 10.6 Å². The number of benzene rings is 4. The van der Waals surface area contributed by atoms with Gasteiger partial charge in [-0.1, -0.05) is 85.4 Å². The first-order valence-electron chi connectivity index (χ1n) is 15.5. The first-order chi connectivity index (χ1) is 22.5. The number of carbonyl (C=O) groups is 2. The summed E-state index contributed by atoms with van der Waals surface area (Å²) in [4.78, 5) is 29.2. The van der Waals surface area contributed by atoms with E-state index in [0.717, 1.165) is 22.7 Å². The van der Waals surface area contributed by atoms with Crippen LogP contribution in [-0.4, -0.2) is 44.3 Å². The Bertz CT molecular complexity index is 1750. The number of hydrogen-bond acceptors (Lipinski definition) is 5. The molecule has 4 aromatic carbocycles. The van der Waals surface area contributed by atoms with Crippen molar-refractivity contribution in [2.75, 3.05) is 17.4 Å². The number of ether oxygens (including phenoxy) is 1. The third kappa shape index (κ3) is 9.50. The number of halogens is 2. The van der Waals surface area contributed by atoms with Crippen LogP contribution in [0.2, 0.25) is 10.0 Å². The van der Waals surface area contributed by atoms with E-state index in [1.54, 1.807) is 61.5 Å². The second-order valence-corrected chi connectivity index (χ2v) is 13.8. The van der Waals surface area contributed by atoms with Gasteiger partial charge in [0.15, 0.2) is 0 Å². The first kappa shape index (κ1) is 35.8. The lowest BCUT2D eigenvalue weighted by molar-refractivity contribution is -0.140. The number of aryl methyl sites for hydroxylation is 1. The first-order valence-corrected chi connectivity index (χ1v) is 17.7. The van der Waals surface area contributed by atoms with E-state index in [2.05, 4.69) is 5.32 Å². The van der Waals surface area contributed by atoms with Gasteiger partial charge in [0.2, 0.25) is 11.8 Å². The smallest absolute Gasteiger partial charge is 0.264 e. The van der Waals surface area contributed by atoms with E-state index in [4.69, 9.17) is 27.9 Å². The molecule has 4 rings (SSSR count). The second kappa shape index (κ2) is 16.7. The maximum Gasteiger partial charge on any atom is 0.264 e. The van der Waals surface area contributed by atoms with E-state index in [1.165, 1.54) is 17.0 Å². The molecule has 0 heterocycles. The molecule has 0 aliphatic carbocycles. The Morgan fingerprint density at radius 3 is 2.15 bits per heavy atom. The number of rotatable bonds is 15. The van der Waals surface area contributed by atoms with Crippen molar-refractivity contribution >= 4 is 50.7 Å². The third-order valence-corrected chi connectivity index (χ3v) is 9.94. The molecule has 1 N–H and O–H groups in total.